The molecule has 2 nitrogen and oxygen atoms in total. The van der Waals surface area contributed by atoms with Crippen molar-refractivity contribution < 1.29 is 4.74 Å². The molecule has 0 heterocycles. The Morgan fingerprint density at radius 3 is 2.86 bits per heavy atom. The lowest BCUT2D eigenvalue weighted by Crippen LogP contribution is -2.23. The van der Waals surface area contributed by atoms with Crippen molar-refractivity contribution in [1.82, 2.24) is 0 Å². The monoisotopic (exact) mass is 307 g/mol. The smallest absolute Gasteiger partial charge is 0.124 e. The van der Waals surface area contributed by atoms with Gasteiger partial charge in [-0.05, 0) is 62.0 Å². The molecule has 4 unspecified atom stereocenters. The fourth-order valence-electron chi connectivity index (χ4n) is 4.06. The molecule has 0 amide bonds. The van der Waals surface area contributed by atoms with E-state index in [4.69, 9.17) is 22.1 Å². The van der Waals surface area contributed by atoms with Gasteiger partial charge in [0.1, 0.15) is 5.75 Å². The molecule has 2 aliphatic rings. The van der Waals surface area contributed by atoms with Gasteiger partial charge < -0.3 is 10.5 Å². The number of rotatable bonds is 6. The molecule has 1 aromatic carbocycles. The zero-order valence-corrected chi connectivity index (χ0v) is 13.6. The molecule has 4 atom stereocenters. The molecule has 21 heavy (non-hydrogen) atoms. The summed E-state index contributed by atoms with van der Waals surface area (Å²) < 4.78 is 6.16. The molecule has 2 aliphatic carbocycles. The molecule has 2 bridgehead atoms. The Morgan fingerprint density at radius 2 is 2.19 bits per heavy atom. The third-order valence-electron chi connectivity index (χ3n) is 5.40. The average Bonchev–Trinajstić information content (AvgIpc) is 3.10. The summed E-state index contributed by atoms with van der Waals surface area (Å²) >= 11 is 6.35. The van der Waals surface area contributed by atoms with Gasteiger partial charge in [-0.3, -0.25) is 0 Å². The van der Waals surface area contributed by atoms with E-state index < -0.39 is 0 Å². The number of halogens is 1. The van der Waals surface area contributed by atoms with Crippen LogP contribution in [0.15, 0.2) is 18.2 Å². The van der Waals surface area contributed by atoms with Crippen LogP contribution in [0.3, 0.4) is 0 Å². The van der Waals surface area contributed by atoms with Crippen LogP contribution >= 0.6 is 11.6 Å². The third kappa shape index (κ3) is 3.37. The summed E-state index contributed by atoms with van der Waals surface area (Å²) in [6.45, 7) is 2.95. The van der Waals surface area contributed by atoms with Gasteiger partial charge in [0.2, 0.25) is 0 Å². The second-order valence-electron chi connectivity index (χ2n) is 6.83. The van der Waals surface area contributed by atoms with Crippen molar-refractivity contribution in [1.29, 1.82) is 0 Å². The van der Waals surface area contributed by atoms with Gasteiger partial charge in [0.25, 0.3) is 0 Å². The summed E-state index contributed by atoms with van der Waals surface area (Å²) in [6, 6.07) is 6.09. The molecule has 3 heteroatoms. The topological polar surface area (TPSA) is 35.2 Å². The van der Waals surface area contributed by atoms with Gasteiger partial charge in [-0.2, -0.15) is 0 Å². The highest BCUT2D eigenvalue weighted by Crippen LogP contribution is 2.48. The molecule has 2 saturated carbocycles. The summed E-state index contributed by atoms with van der Waals surface area (Å²) in [5, 5.41) is 0.782. The first-order valence-electron chi connectivity index (χ1n) is 8.33. The molecule has 116 valence electrons. The highest BCUT2D eigenvalue weighted by molar-refractivity contribution is 6.31. The van der Waals surface area contributed by atoms with E-state index >= 15 is 0 Å². The predicted molar refractivity (Wildman–Crippen MR) is 87.9 cm³/mol. The van der Waals surface area contributed by atoms with Crippen LogP contribution in [-0.2, 0) is 6.42 Å². The van der Waals surface area contributed by atoms with Crippen molar-refractivity contribution in [2.75, 3.05) is 6.61 Å². The van der Waals surface area contributed by atoms with Gasteiger partial charge in [-0.25, -0.2) is 0 Å². The van der Waals surface area contributed by atoms with Crippen LogP contribution in [0.4, 0.5) is 0 Å². The second kappa shape index (κ2) is 6.58. The molecular weight excluding hydrogens is 282 g/mol. The average molecular weight is 308 g/mol. The predicted octanol–water partition coefficient (Wildman–Crippen LogP) is 4.43. The Bertz CT molecular complexity index is 490. The van der Waals surface area contributed by atoms with Crippen molar-refractivity contribution in [3.8, 4) is 5.75 Å². The highest BCUT2D eigenvalue weighted by Gasteiger charge is 2.39. The molecule has 0 aliphatic heterocycles. The van der Waals surface area contributed by atoms with E-state index in [0.29, 0.717) is 0 Å². The van der Waals surface area contributed by atoms with Gasteiger partial charge >= 0.3 is 0 Å². The van der Waals surface area contributed by atoms with E-state index in [2.05, 4.69) is 6.92 Å². The van der Waals surface area contributed by atoms with E-state index in [0.717, 1.165) is 53.5 Å². The lowest BCUT2D eigenvalue weighted by atomic mass is 9.89. The normalized spacial score (nSPS) is 28.8. The van der Waals surface area contributed by atoms with Crippen molar-refractivity contribution in [2.24, 2.45) is 23.5 Å². The van der Waals surface area contributed by atoms with Crippen molar-refractivity contribution in [2.45, 2.75) is 51.5 Å². The Labute approximate surface area is 133 Å². The van der Waals surface area contributed by atoms with Gasteiger partial charge in [-0.1, -0.05) is 31.0 Å². The molecule has 0 aromatic heterocycles. The Balaban J connectivity index is 1.65. The molecule has 0 spiro atoms. The van der Waals surface area contributed by atoms with E-state index in [-0.39, 0.29) is 6.04 Å². The number of benzene rings is 1. The van der Waals surface area contributed by atoms with Gasteiger partial charge in [-0.15, -0.1) is 0 Å². The Hall–Kier alpha value is -0.730. The molecule has 2 N–H and O–H groups in total. The summed E-state index contributed by atoms with van der Waals surface area (Å²) in [4.78, 5) is 0. The van der Waals surface area contributed by atoms with Crippen LogP contribution in [0, 0.1) is 17.8 Å². The quantitative estimate of drug-likeness (QED) is 0.843. The molecule has 0 saturated heterocycles. The SMILES string of the molecule is CCC(N)Cc1c(Cl)cccc1OCC1CC2CCC1C2. The number of nitrogens with two attached hydrogens (primary N) is 1. The number of fused-ring (bicyclic) bond motifs is 2. The van der Waals surface area contributed by atoms with Crippen LogP contribution < -0.4 is 10.5 Å². The lowest BCUT2D eigenvalue weighted by Gasteiger charge is -2.23. The number of hydrogen-bond donors (Lipinski definition) is 1. The van der Waals surface area contributed by atoms with E-state index in [1.807, 2.05) is 18.2 Å². The highest BCUT2D eigenvalue weighted by atomic mass is 35.5. The van der Waals surface area contributed by atoms with E-state index in [9.17, 15) is 0 Å². The number of hydrogen-bond acceptors (Lipinski definition) is 2. The first-order valence-corrected chi connectivity index (χ1v) is 8.71. The molecular formula is C18H26ClNO. The van der Waals surface area contributed by atoms with Gasteiger partial charge in [0, 0.05) is 16.6 Å². The maximum absolute atomic E-state index is 6.35. The largest absolute Gasteiger partial charge is 0.493 e. The van der Waals surface area contributed by atoms with E-state index in [1.165, 1.54) is 25.7 Å². The second-order valence-corrected chi connectivity index (χ2v) is 7.24. The fraction of sp³-hybridized carbons (Fsp3) is 0.667. The lowest BCUT2D eigenvalue weighted by molar-refractivity contribution is 0.194. The maximum atomic E-state index is 6.35. The number of ether oxygens (including phenoxy) is 1. The molecule has 3 rings (SSSR count). The van der Waals surface area contributed by atoms with Crippen molar-refractivity contribution in [3.63, 3.8) is 0 Å². The van der Waals surface area contributed by atoms with E-state index in [1.54, 1.807) is 0 Å². The molecule has 1 aromatic rings. The standard InChI is InChI=1S/C18H26ClNO/c1-2-15(20)10-16-17(19)4-3-5-18(16)21-11-14-9-12-6-7-13(14)8-12/h3-5,12-15H,2,6-11,20H2,1H3. The third-order valence-corrected chi connectivity index (χ3v) is 5.76. The maximum Gasteiger partial charge on any atom is 0.124 e. The minimum atomic E-state index is 0.148. The first-order chi connectivity index (χ1) is 10.2. The summed E-state index contributed by atoms with van der Waals surface area (Å²) in [5.41, 5.74) is 7.18. The zero-order chi connectivity index (χ0) is 14.8. The van der Waals surface area contributed by atoms with Crippen LogP contribution in [0.25, 0.3) is 0 Å². The molecule has 0 radical (unpaired) electrons. The minimum Gasteiger partial charge on any atom is -0.493 e. The zero-order valence-electron chi connectivity index (χ0n) is 12.9. The van der Waals surface area contributed by atoms with Crippen LogP contribution in [-0.4, -0.2) is 12.6 Å². The molecule has 2 fully saturated rings. The Kier molecular flexibility index (Phi) is 4.75. The van der Waals surface area contributed by atoms with Crippen LogP contribution in [0.5, 0.6) is 5.75 Å². The summed E-state index contributed by atoms with van der Waals surface area (Å²) in [5.74, 6) is 3.55. The minimum absolute atomic E-state index is 0.148. The van der Waals surface area contributed by atoms with Gasteiger partial charge in [0.05, 0.1) is 6.61 Å². The Morgan fingerprint density at radius 1 is 1.33 bits per heavy atom. The van der Waals surface area contributed by atoms with Gasteiger partial charge in [0.15, 0.2) is 0 Å². The van der Waals surface area contributed by atoms with Crippen LogP contribution in [0.2, 0.25) is 5.02 Å². The fourth-order valence-corrected chi connectivity index (χ4v) is 4.30. The van der Waals surface area contributed by atoms with Crippen LogP contribution in [0.1, 0.15) is 44.6 Å². The summed E-state index contributed by atoms with van der Waals surface area (Å²) in [6.07, 6.45) is 7.38. The summed E-state index contributed by atoms with van der Waals surface area (Å²) in [7, 11) is 0. The van der Waals surface area contributed by atoms with Crippen molar-refractivity contribution in [3.05, 3.63) is 28.8 Å². The van der Waals surface area contributed by atoms with Crippen molar-refractivity contribution >= 4 is 11.6 Å². The first kappa shape index (κ1) is 15.2.